The van der Waals surface area contributed by atoms with E-state index >= 15 is 0 Å². The molecular weight excluding hydrogens is 345 g/mol. The standard InChI is InChI=1S/C17H18FN3O3S/c1-21(16(11-5-6-11)15-4-2-3-9-20-15)17(22)13-10-12(25(19,23)24)7-8-14(13)18/h2-4,7-11,16H,5-6H2,1H3,(H2,19,23,24)/t16-/m1/s1. The van der Waals surface area contributed by atoms with Crippen molar-refractivity contribution in [1.29, 1.82) is 0 Å². The summed E-state index contributed by atoms with van der Waals surface area (Å²) in [6.07, 6.45) is 3.56. The number of hydrogen-bond donors (Lipinski definition) is 1. The van der Waals surface area contributed by atoms with Crippen LogP contribution < -0.4 is 5.14 Å². The first-order chi connectivity index (χ1) is 11.8. The number of rotatable bonds is 5. The first-order valence-electron chi connectivity index (χ1n) is 7.79. The van der Waals surface area contributed by atoms with E-state index in [0.29, 0.717) is 0 Å². The first-order valence-corrected chi connectivity index (χ1v) is 9.34. The van der Waals surface area contributed by atoms with Gasteiger partial charge in [-0.15, -0.1) is 0 Å². The van der Waals surface area contributed by atoms with Crippen LogP contribution in [0.5, 0.6) is 0 Å². The summed E-state index contributed by atoms with van der Waals surface area (Å²) in [5.41, 5.74) is 0.402. The van der Waals surface area contributed by atoms with E-state index in [-0.39, 0.29) is 22.4 Å². The van der Waals surface area contributed by atoms with Gasteiger partial charge in [-0.25, -0.2) is 17.9 Å². The van der Waals surface area contributed by atoms with Crippen molar-refractivity contribution in [2.45, 2.75) is 23.8 Å². The molecular formula is C17H18FN3O3S. The van der Waals surface area contributed by atoms with Gasteiger partial charge in [-0.3, -0.25) is 9.78 Å². The lowest BCUT2D eigenvalue weighted by molar-refractivity contribution is 0.0702. The number of benzene rings is 1. The van der Waals surface area contributed by atoms with Crippen LogP contribution in [0.15, 0.2) is 47.5 Å². The van der Waals surface area contributed by atoms with E-state index in [4.69, 9.17) is 5.14 Å². The van der Waals surface area contributed by atoms with E-state index in [9.17, 15) is 17.6 Å². The van der Waals surface area contributed by atoms with Crippen LogP contribution in [0.2, 0.25) is 0 Å². The molecule has 1 amide bonds. The third kappa shape index (κ3) is 3.69. The molecule has 6 nitrogen and oxygen atoms in total. The van der Waals surface area contributed by atoms with Gasteiger partial charge < -0.3 is 4.90 Å². The van der Waals surface area contributed by atoms with Gasteiger partial charge in [-0.1, -0.05) is 6.07 Å². The summed E-state index contributed by atoms with van der Waals surface area (Å²) in [7, 11) is -2.45. The van der Waals surface area contributed by atoms with Crippen LogP contribution in [-0.2, 0) is 10.0 Å². The van der Waals surface area contributed by atoms with Crippen LogP contribution in [0.25, 0.3) is 0 Å². The quantitative estimate of drug-likeness (QED) is 0.880. The molecule has 132 valence electrons. The Labute approximate surface area is 145 Å². The normalized spacial score (nSPS) is 15.6. The van der Waals surface area contributed by atoms with Crippen molar-refractivity contribution >= 4 is 15.9 Å². The lowest BCUT2D eigenvalue weighted by atomic mass is 10.0. The molecule has 0 saturated heterocycles. The predicted octanol–water partition coefficient (Wildman–Crippen LogP) is 2.09. The second kappa shape index (κ2) is 6.53. The number of hydrogen-bond acceptors (Lipinski definition) is 4. The number of nitrogens with zero attached hydrogens (tertiary/aromatic N) is 2. The van der Waals surface area contributed by atoms with Gasteiger partial charge in [0, 0.05) is 13.2 Å². The molecule has 1 aliphatic rings. The lowest BCUT2D eigenvalue weighted by Gasteiger charge is -2.28. The van der Waals surface area contributed by atoms with E-state index in [2.05, 4.69) is 4.98 Å². The molecule has 8 heteroatoms. The second-order valence-electron chi connectivity index (χ2n) is 6.14. The fourth-order valence-electron chi connectivity index (χ4n) is 2.88. The third-order valence-electron chi connectivity index (χ3n) is 4.29. The number of amides is 1. The fourth-order valence-corrected chi connectivity index (χ4v) is 3.42. The number of pyridine rings is 1. The number of sulfonamides is 1. The number of carbonyl (C=O) groups is 1. The maximum atomic E-state index is 14.2. The summed E-state index contributed by atoms with van der Waals surface area (Å²) >= 11 is 0. The van der Waals surface area contributed by atoms with Crippen LogP contribution in [0.1, 0.15) is 34.9 Å². The van der Waals surface area contributed by atoms with E-state index in [0.717, 1.165) is 36.7 Å². The van der Waals surface area contributed by atoms with Crippen molar-refractivity contribution in [3.05, 3.63) is 59.7 Å². The number of halogens is 1. The zero-order valence-corrected chi connectivity index (χ0v) is 14.4. The van der Waals surface area contributed by atoms with Gasteiger partial charge in [0.15, 0.2) is 0 Å². The summed E-state index contributed by atoms with van der Waals surface area (Å²) in [5.74, 6) is -1.14. The van der Waals surface area contributed by atoms with Gasteiger partial charge in [-0.05, 0) is 49.1 Å². The Bertz CT molecular complexity index is 899. The monoisotopic (exact) mass is 363 g/mol. The molecule has 3 rings (SSSR count). The maximum Gasteiger partial charge on any atom is 0.257 e. The molecule has 25 heavy (non-hydrogen) atoms. The molecule has 1 aliphatic carbocycles. The van der Waals surface area contributed by atoms with Gasteiger partial charge in [0.05, 0.1) is 22.2 Å². The van der Waals surface area contributed by atoms with Crippen molar-refractivity contribution in [3.8, 4) is 0 Å². The van der Waals surface area contributed by atoms with Crippen molar-refractivity contribution in [3.63, 3.8) is 0 Å². The van der Waals surface area contributed by atoms with Crippen molar-refractivity contribution in [1.82, 2.24) is 9.88 Å². The Balaban J connectivity index is 1.97. The molecule has 0 radical (unpaired) electrons. The minimum atomic E-state index is -4.03. The SMILES string of the molecule is CN(C(=O)c1cc(S(N)(=O)=O)ccc1F)[C@@H](c1ccccn1)C1CC1. The van der Waals surface area contributed by atoms with Crippen LogP contribution in [0.3, 0.4) is 0 Å². The minimum Gasteiger partial charge on any atom is -0.333 e. The molecule has 1 aromatic heterocycles. The van der Waals surface area contributed by atoms with Gasteiger partial charge in [0.25, 0.3) is 5.91 Å². The molecule has 0 aliphatic heterocycles. The summed E-state index contributed by atoms with van der Waals surface area (Å²) < 4.78 is 37.1. The zero-order chi connectivity index (χ0) is 18.2. The van der Waals surface area contributed by atoms with E-state index in [1.807, 2.05) is 12.1 Å². The Morgan fingerprint density at radius 1 is 1.32 bits per heavy atom. The topological polar surface area (TPSA) is 93.4 Å². The van der Waals surface area contributed by atoms with Crippen LogP contribution in [0, 0.1) is 11.7 Å². The largest absolute Gasteiger partial charge is 0.333 e. The highest BCUT2D eigenvalue weighted by Crippen LogP contribution is 2.43. The van der Waals surface area contributed by atoms with E-state index in [1.54, 1.807) is 19.3 Å². The molecule has 1 fully saturated rings. The van der Waals surface area contributed by atoms with E-state index in [1.165, 1.54) is 4.90 Å². The molecule has 1 aromatic carbocycles. The number of aromatic nitrogens is 1. The predicted molar refractivity (Wildman–Crippen MR) is 89.6 cm³/mol. The van der Waals surface area contributed by atoms with E-state index < -0.39 is 21.7 Å². The average molecular weight is 363 g/mol. The van der Waals surface area contributed by atoms with Crippen molar-refractivity contribution in [2.75, 3.05) is 7.05 Å². The summed E-state index contributed by atoms with van der Waals surface area (Å²) in [6.45, 7) is 0. The fraction of sp³-hybridized carbons (Fsp3) is 0.294. The van der Waals surface area contributed by atoms with Gasteiger partial charge in [0.1, 0.15) is 5.82 Å². The number of carbonyl (C=O) groups excluding carboxylic acids is 1. The second-order valence-corrected chi connectivity index (χ2v) is 7.70. The average Bonchev–Trinajstić information content (AvgIpc) is 3.39. The molecule has 0 bridgehead atoms. The highest BCUT2D eigenvalue weighted by atomic mass is 32.2. The van der Waals surface area contributed by atoms with Crippen LogP contribution >= 0.6 is 0 Å². The lowest BCUT2D eigenvalue weighted by Crippen LogP contribution is -2.33. The Morgan fingerprint density at radius 3 is 2.60 bits per heavy atom. The smallest absolute Gasteiger partial charge is 0.257 e. The summed E-state index contributed by atoms with van der Waals surface area (Å²) in [6, 6.07) is 8.11. The number of nitrogens with two attached hydrogens (primary N) is 1. The molecule has 1 atom stereocenters. The number of primary sulfonamides is 1. The highest BCUT2D eigenvalue weighted by Gasteiger charge is 2.38. The molecule has 1 saturated carbocycles. The molecule has 2 aromatic rings. The molecule has 2 N–H and O–H groups in total. The molecule has 0 spiro atoms. The van der Waals surface area contributed by atoms with Crippen molar-refractivity contribution < 1.29 is 17.6 Å². The van der Waals surface area contributed by atoms with Gasteiger partial charge in [0.2, 0.25) is 10.0 Å². The maximum absolute atomic E-state index is 14.2. The first kappa shape index (κ1) is 17.5. The van der Waals surface area contributed by atoms with Gasteiger partial charge in [-0.2, -0.15) is 0 Å². The van der Waals surface area contributed by atoms with Crippen LogP contribution in [0.4, 0.5) is 4.39 Å². The Hall–Kier alpha value is -2.32. The van der Waals surface area contributed by atoms with Crippen molar-refractivity contribution in [2.24, 2.45) is 11.1 Å². The van der Waals surface area contributed by atoms with Gasteiger partial charge >= 0.3 is 0 Å². The minimum absolute atomic E-state index is 0.258. The Morgan fingerprint density at radius 2 is 2.04 bits per heavy atom. The molecule has 0 unspecified atom stereocenters. The van der Waals surface area contributed by atoms with Crippen LogP contribution in [-0.4, -0.2) is 31.3 Å². The highest BCUT2D eigenvalue weighted by molar-refractivity contribution is 7.89. The summed E-state index contributed by atoms with van der Waals surface area (Å²) in [4.78, 5) is 18.2. The summed E-state index contributed by atoms with van der Waals surface area (Å²) in [5, 5.41) is 5.08. The third-order valence-corrected chi connectivity index (χ3v) is 5.20. The molecule has 1 heterocycles. The zero-order valence-electron chi connectivity index (χ0n) is 13.6. The Kier molecular flexibility index (Phi) is 4.57.